The number of ether oxygens (including phenoxy) is 2. The Hall–Kier alpha value is -4.92. The maximum absolute atomic E-state index is 14.9. The van der Waals surface area contributed by atoms with E-state index in [0.29, 0.717) is 34.9 Å². The Kier molecular flexibility index (Phi) is 8.20. The molecule has 0 saturated carbocycles. The Balaban J connectivity index is 1.37. The van der Waals surface area contributed by atoms with Gasteiger partial charge in [-0.1, -0.05) is 36.7 Å². The number of halogens is 1. The molecule has 2 aromatic heterocycles. The van der Waals surface area contributed by atoms with Crippen molar-refractivity contribution in [2.45, 2.75) is 26.3 Å². The minimum Gasteiger partial charge on any atom is -0.497 e. The number of hydrogen-bond donors (Lipinski definition) is 1. The summed E-state index contributed by atoms with van der Waals surface area (Å²) >= 11 is 0. The zero-order chi connectivity index (χ0) is 27.9. The second-order valence-electron chi connectivity index (χ2n) is 9.12. The number of nitrogens with one attached hydrogen (secondary N) is 1. The van der Waals surface area contributed by atoms with E-state index >= 15 is 0 Å². The van der Waals surface area contributed by atoms with Crippen molar-refractivity contribution in [3.05, 3.63) is 102 Å². The van der Waals surface area contributed by atoms with Gasteiger partial charge in [-0.05, 0) is 61.0 Å². The van der Waals surface area contributed by atoms with Gasteiger partial charge in [0.25, 0.3) is 5.91 Å². The Morgan fingerprint density at radius 1 is 1.02 bits per heavy atom. The van der Waals surface area contributed by atoms with Gasteiger partial charge in [0.05, 0.1) is 25.1 Å². The molecule has 0 unspecified atom stereocenters. The first-order valence-electron chi connectivity index (χ1n) is 13.0. The summed E-state index contributed by atoms with van der Waals surface area (Å²) in [5.41, 5.74) is 3.56. The average molecular weight is 541 g/mol. The number of carbonyl (C=O) groups excluding carboxylic acids is 1. The SMILES string of the molecule is CCCCOc1ccc(-c2nn(-c3ccccc3)cc2CNC(=O)c2cc(-c3ccc(OC)cc3)on2)cc1F. The van der Waals surface area contributed by atoms with Crippen LogP contribution in [0, 0.1) is 5.82 Å². The number of hydrogen-bond acceptors (Lipinski definition) is 6. The van der Waals surface area contributed by atoms with Gasteiger partial charge in [-0.2, -0.15) is 5.10 Å². The number of para-hydroxylation sites is 1. The highest BCUT2D eigenvalue weighted by molar-refractivity contribution is 5.93. The molecule has 0 atom stereocenters. The van der Waals surface area contributed by atoms with E-state index < -0.39 is 11.7 Å². The monoisotopic (exact) mass is 540 g/mol. The Bertz CT molecular complexity index is 1580. The minimum absolute atomic E-state index is 0.141. The van der Waals surface area contributed by atoms with Crippen molar-refractivity contribution in [2.75, 3.05) is 13.7 Å². The van der Waals surface area contributed by atoms with E-state index in [-0.39, 0.29) is 18.0 Å². The van der Waals surface area contributed by atoms with Crippen molar-refractivity contribution in [1.29, 1.82) is 0 Å². The molecule has 0 bridgehead atoms. The van der Waals surface area contributed by atoms with Crippen LogP contribution in [0.2, 0.25) is 0 Å². The van der Waals surface area contributed by atoms with E-state index in [2.05, 4.69) is 17.4 Å². The van der Waals surface area contributed by atoms with Gasteiger partial charge < -0.3 is 19.3 Å². The van der Waals surface area contributed by atoms with Crippen LogP contribution in [0.1, 0.15) is 35.8 Å². The lowest BCUT2D eigenvalue weighted by atomic mass is 10.1. The van der Waals surface area contributed by atoms with Gasteiger partial charge in [0.15, 0.2) is 23.0 Å². The van der Waals surface area contributed by atoms with Gasteiger partial charge in [0.1, 0.15) is 5.75 Å². The zero-order valence-corrected chi connectivity index (χ0v) is 22.3. The smallest absolute Gasteiger partial charge is 0.273 e. The van der Waals surface area contributed by atoms with Crippen LogP contribution in [0.5, 0.6) is 11.5 Å². The summed E-state index contributed by atoms with van der Waals surface area (Å²) in [5.74, 6) is 0.501. The average Bonchev–Trinajstić information content (AvgIpc) is 3.66. The quantitative estimate of drug-likeness (QED) is 0.194. The standard InChI is InChI=1S/C31H29FN4O4/c1-3-4-16-39-28-15-12-22(17-26(28)32)30-23(20-36(34-30)24-8-6-5-7-9-24)19-33-31(37)27-18-29(40-35-27)21-10-13-25(38-2)14-11-21/h5-15,17-18,20H,3-4,16,19H2,1-2H3,(H,33,37). The first kappa shape index (κ1) is 26.7. The summed E-state index contributed by atoms with van der Waals surface area (Å²) in [7, 11) is 1.59. The number of unbranched alkanes of at least 4 members (excludes halogenated alkanes) is 1. The molecule has 0 saturated heterocycles. The van der Waals surface area contributed by atoms with Crippen LogP contribution in [0.3, 0.4) is 0 Å². The number of aromatic nitrogens is 3. The molecular weight excluding hydrogens is 511 g/mol. The fourth-order valence-corrected chi connectivity index (χ4v) is 4.13. The third-order valence-electron chi connectivity index (χ3n) is 6.33. The molecule has 1 N–H and O–H groups in total. The highest BCUT2D eigenvalue weighted by Crippen LogP contribution is 2.29. The van der Waals surface area contributed by atoms with E-state index in [1.807, 2.05) is 48.7 Å². The van der Waals surface area contributed by atoms with E-state index in [9.17, 15) is 9.18 Å². The second-order valence-corrected chi connectivity index (χ2v) is 9.12. The summed E-state index contributed by atoms with van der Waals surface area (Å²) in [6, 6.07) is 23.2. The minimum atomic E-state index is -0.466. The van der Waals surface area contributed by atoms with Crippen LogP contribution in [0.25, 0.3) is 28.3 Å². The number of benzene rings is 3. The van der Waals surface area contributed by atoms with Crippen molar-refractivity contribution >= 4 is 5.91 Å². The summed E-state index contributed by atoms with van der Waals surface area (Å²) in [6.45, 7) is 2.64. The molecule has 8 nitrogen and oxygen atoms in total. The van der Waals surface area contributed by atoms with Gasteiger partial charge in [-0.25, -0.2) is 9.07 Å². The predicted molar refractivity (Wildman–Crippen MR) is 149 cm³/mol. The molecule has 5 rings (SSSR count). The molecule has 3 aromatic carbocycles. The first-order valence-corrected chi connectivity index (χ1v) is 13.0. The molecule has 0 aliphatic heterocycles. The third-order valence-corrected chi connectivity index (χ3v) is 6.33. The van der Waals surface area contributed by atoms with E-state index in [0.717, 1.165) is 24.1 Å². The molecule has 9 heteroatoms. The van der Waals surface area contributed by atoms with Gasteiger partial charge in [-0.15, -0.1) is 0 Å². The maximum atomic E-state index is 14.9. The first-order chi connectivity index (χ1) is 19.6. The van der Waals surface area contributed by atoms with Gasteiger partial charge in [0.2, 0.25) is 0 Å². The van der Waals surface area contributed by atoms with Crippen molar-refractivity contribution < 1.29 is 23.2 Å². The molecule has 2 heterocycles. The molecule has 5 aromatic rings. The number of amides is 1. The number of nitrogens with zero attached hydrogens (tertiary/aromatic N) is 3. The largest absolute Gasteiger partial charge is 0.497 e. The Morgan fingerprint density at radius 2 is 1.80 bits per heavy atom. The second kappa shape index (κ2) is 12.3. The van der Waals surface area contributed by atoms with Crippen LogP contribution in [-0.4, -0.2) is 34.6 Å². The number of methoxy groups -OCH3 is 1. The zero-order valence-electron chi connectivity index (χ0n) is 22.3. The molecule has 0 spiro atoms. The fourth-order valence-electron chi connectivity index (χ4n) is 4.13. The molecule has 40 heavy (non-hydrogen) atoms. The van der Waals surface area contributed by atoms with Crippen LogP contribution in [-0.2, 0) is 6.54 Å². The van der Waals surface area contributed by atoms with Crippen LogP contribution < -0.4 is 14.8 Å². The Labute approximate surface area is 231 Å². The fraction of sp³-hybridized carbons (Fsp3) is 0.194. The van der Waals surface area contributed by atoms with Crippen LogP contribution in [0.4, 0.5) is 4.39 Å². The number of rotatable bonds is 11. The highest BCUT2D eigenvalue weighted by atomic mass is 19.1. The van der Waals surface area contributed by atoms with Crippen molar-refractivity contribution in [3.63, 3.8) is 0 Å². The summed E-state index contributed by atoms with van der Waals surface area (Å²) < 4.78 is 32.7. The maximum Gasteiger partial charge on any atom is 0.273 e. The normalized spacial score (nSPS) is 10.9. The van der Waals surface area contributed by atoms with Crippen molar-refractivity contribution in [1.82, 2.24) is 20.3 Å². The molecule has 1 amide bonds. The topological polar surface area (TPSA) is 91.4 Å². The predicted octanol–water partition coefficient (Wildman–Crippen LogP) is 6.45. The Morgan fingerprint density at radius 3 is 2.52 bits per heavy atom. The summed E-state index contributed by atoms with van der Waals surface area (Å²) in [5, 5.41) is 11.5. The number of carbonyl (C=O) groups is 1. The lowest BCUT2D eigenvalue weighted by Gasteiger charge is -2.08. The molecule has 0 fully saturated rings. The third kappa shape index (κ3) is 6.04. The van der Waals surface area contributed by atoms with Gasteiger partial charge >= 0.3 is 0 Å². The molecule has 0 aliphatic rings. The van der Waals surface area contributed by atoms with Crippen LogP contribution in [0.15, 0.2) is 89.6 Å². The van der Waals surface area contributed by atoms with Crippen LogP contribution >= 0.6 is 0 Å². The molecule has 0 radical (unpaired) electrons. The highest BCUT2D eigenvalue weighted by Gasteiger charge is 2.18. The lowest BCUT2D eigenvalue weighted by molar-refractivity contribution is 0.0942. The van der Waals surface area contributed by atoms with E-state index in [1.54, 1.807) is 42.1 Å². The molecular formula is C31H29FN4O4. The van der Waals surface area contributed by atoms with E-state index in [4.69, 9.17) is 19.1 Å². The summed E-state index contributed by atoms with van der Waals surface area (Å²) in [6.07, 6.45) is 3.63. The van der Waals surface area contributed by atoms with Gasteiger partial charge in [-0.3, -0.25) is 4.79 Å². The van der Waals surface area contributed by atoms with E-state index in [1.165, 1.54) is 6.07 Å². The molecule has 0 aliphatic carbocycles. The van der Waals surface area contributed by atoms with Crippen molar-refractivity contribution in [3.8, 4) is 39.8 Å². The summed E-state index contributed by atoms with van der Waals surface area (Å²) in [4.78, 5) is 13.0. The van der Waals surface area contributed by atoms with Crippen molar-refractivity contribution in [2.24, 2.45) is 0 Å². The lowest BCUT2D eigenvalue weighted by Crippen LogP contribution is -2.23. The molecule has 204 valence electrons. The van der Waals surface area contributed by atoms with Gasteiger partial charge in [0, 0.05) is 35.5 Å².